The van der Waals surface area contributed by atoms with Crippen LogP contribution in [0, 0.1) is 0 Å². The summed E-state index contributed by atoms with van der Waals surface area (Å²) in [5.41, 5.74) is 0.510. The van der Waals surface area contributed by atoms with E-state index in [1.807, 2.05) is 19.9 Å². The van der Waals surface area contributed by atoms with E-state index in [1.165, 1.54) is 0 Å². The molecule has 0 fully saturated rings. The molecule has 19 heavy (non-hydrogen) atoms. The highest BCUT2D eigenvalue weighted by Gasteiger charge is 2.10. The maximum Gasteiger partial charge on any atom is 0.232 e. The smallest absolute Gasteiger partial charge is 0.232 e. The van der Waals surface area contributed by atoms with Crippen LogP contribution in [0.15, 0.2) is 24.3 Å². The Morgan fingerprint density at radius 1 is 1.42 bits per heavy atom. The number of sulfonamides is 1. The fraction of sp³-hybridized carbons (Fsp3) is 0.538. The monoisotopic (exact) mass is 305 g/mol. The number of rotatable bonds is 8. The largest absolute Gasteiger partial charge is 0.491 e. The molecule has 108 valence electrons. The fourth-order valence-corrected chi connectivity index (χ4v) is 2.83. The van der Waals surface area contributed by atoms with Crippen molar-refractivity contribution in [2.45, 2.75) is 32.8 Å². The van der Waals surface area contributed by atoms with Gasteiger partial charge >= 0.3 is 0 Å². The average molecular weight is 306 g/mol. The number of benzene rings is 1. The Labute approximate surface area is 120 Å². The molecular weight excluding hydrogens is 286 g/mol. The molecule has 1 N–H and O–H groups in total. The van der Waals surface area contributed by atoms with Crippen molar-refractivity contribution in [2.75, 3.05) is 16.4 Å². The zero-order chi connectivity index (χ0) is 14.3. The molecule has 1 unspecified atom stereocenters. The van der Waals surface area contributed by atoms with Gasteiger partial charge in [-0.2, -0.15) is 0 Å². The average Bonchev–Trinajstić information content (AvgIpc) is 2.36. The van der Waals surface area contributed by atoms with Crippen LogP contribution in [0.5, 0.6) is 5.75 Å². The molecule has 0 saturated carbocycles. The summed E-state index contributed by atoms with van der Waals surface area (Å²) in [6.45, 7) is 4.00. The third kappa shape index (κ3) is 6.16. The van der Waals surface area contributed by atoms with Crippen molar-refractivity contribution in [3.05, 3.63) is 24.3 Å². The molecule has 1 rings (SSSR count). The third-order valence-electron chi connectivity index (χ3n) is 2.57. The molecule has 1 aromatic rings. The van der Waals surface area contributed by atoms with E-state index in [2.05, 4.69) is 4.72 Å². The topological polar surface area (TPSA) is 55.4 Å². The van der Waals surface area contributed by atoms with Crippen molar-refractivity contribution in [3.63, 3.8) is 0 Å². The lowest BCUT2D eigenvalue weighted by Crippen LogP contribution is -2.17. The highest BCUT2D eigenvalue weighted by Crippen LogP contribution is 2.20. The maximum absolute atomic E-state index is 11.7. The van der Waals surface area contributed by atoms with Crippen molar-refractivity contribution in [3.8, 4) is 5.75 Å². The minimum Gasteiger partial charge on any atom is -0.491 e. The molecule has 6 heteroatoms. The van der Waals surface area contributed by atoms with E-state index in [9.17, 15) is 8.42 Å². The Hall–Kier alpha value is -0.940. The van der Waals surface area contributed by atoms with Gasteiger partial charge in [-0.15, -0.1) is 11.6 Å². The van der Waals surface area contributed by atoms with Gasteiger partial charge < -0.3 is 4.74 Å². The summed E-state index contributed by atoms with van der Waals surface area (Å²) < 4.78 is 31.6. The molecular formula is C13H20ClNO3S. The van der Waals surface area contributed by atoms with E-state index in [0.29, 0.717) is 23.7 Å². The minimum absolute atomic E-state index is 0.0208. The zero-order valence-electron chi connectivity index (χ0n) is 11.2. The predicted molar refractivity (Wildman–Crippen MR) is 79.6 cm³/mol. The first-order chi connectivity index (χ1) is 8.96. The SMILES string of the molecule is CCC(C)Oc1cccc(NS(=O)(=O)CCCCl)c1. The predicted octanol–water partition coefficient (Wildman–Crippen LogP) is 3.23. The van der Waals surface area contributed by atoms with Gasteiger partial charge in [-0.3, -0.25) is 4.72 Å². The van der Waals surface area contributed by atoms with Gasteiger partial charge in [0.2, 0.25) is 10.0 Å². The number of alkyl halides is 1. The molecule has 4 nitrogen and oxygen atoms in total. The standard InChI is InChI=1S/C13H20ClNO3S/c1-3-11(2)18-13-7-4-6-12(10-13)15-19(16,17)9-5-8-14/h4,6-7,10-11,15H,3,5,8-9H2,1-2H3. The van der Waals surface area contributed by atoms with Crippen LogP contribution in [0.3, 0.4) is 0 Å². The Balaban J connectivity index is 2.71. The van der Waals surface area contributed by atoms with Gasteiger partial charge in [0.1, 0.15) is 5.75 Å². The van der Waals surface area contributed by atoms with E-state index in [1.54, 1.807) is 18.2 Å². The number of anilines is 1. The Bertz CT molecular complexity index is 490. The summed E-state index contributed by atoms with van der Waals surface area (Å²) in [6, 6.07) is 6.95. The second kappa shape index (κ2) is 7.60. The van der Waals surface area contributed by atoms with Gasteiger partial charge in [-0.1, -0.05) is 13.0 Å². The number of hydrogen-bond donors (Lipinski definition) is 1. The normalized spacial score (nSPS) is 13.0. The summed E-state index contributed by atoms with van der Waals surface area (Å²) >= 11 is 5.50. The summed E-state index contributed by atoms with van der Waals surface area (Å²) in [7, 11) is -3.34. The van der Waals surface area contributed by atoms with Crippen molar-refractivity contribution in [1.29, 1.82) is 0 Å². The first-order valence-corrected chi connectivity index (χ1v) is 8.48. The van der Waals surface area contributed by atoms with Gasteiger partial charge in [0.25, 0.3) is 0 Å². The third-order valence-corrected chi connectivity index (χ3v) is 4.21. The lowest BCUT2D eigenvalue weighted by atomic mass is 10.3. The lowest BCUT2D eigenvalue weighted by molar-refractivity contribution is 0.217. The molecule has 0 heterocycles. The molecule has 0 aliphatic carbocycles. The molecule has 0 aliphatic rings. The summed E-state index contributed by atoms with van der Waals surface area (Å²) in [5, 5.41) is 0. The second-order valence-electron chi connectivity index (χ2n) is 4.33. The van der Waals surface area contributed by atoms with E-state index in [0.717, 1.165) is 6.42 Å². The van der Waals surface area contributed by atoms with Crippen molar-refractivity contribution < 1.29 is 13.2 Å². The highest BCUT2D eigenvalue weighted by atomic mass is 35.5. The van der Waals surface area contributed by atoms with Crippen LogP contribution in [-0.2, 0) is 10.0 Å². The molecule has 1 atom stereocenters. The number of halogens is 1. The van der Waals surface area contributed by atoms with Gasteiger partial charge in [-0.25, -0.2) is 8.42 Å². The van der Waals surface area contributed by atoms with Crippen LogP contribution in [0.1, 0.15) is 26.7 Å². The van der Waals surface area contributed by atoms with Gasteiger partial charge in [0.15, 0.2) is 0 Å². The van der Waals surface area contributed by atoms with Crippen LogP contribution in [0.4, 0.5) is 5.69 Å². The number of hydrogen-bond acceptors (Lipinski definition) is 3. The van der Waals surface area contributed by atoms with Crippen LogP contribution in [0.2, 0.25) is 0 Å². The molecule has 0 aliphatic heterocycles. The van der Waals surface area contributed by atoms with Crippen LogP contribution >= 0.6 is 11.6 Å². The highest BCUT2D eigenvalue weighted by molar-refractivity contribution is 7.92. The molecule has 0 saturated heterocycles. The van der Waals surface area contributed by atoms with Crippen LogP contribution < -0.4 is 9.46 Å². The van der Waals surface area contributed by atoms with E-state index >= 15 is 0 Å². The Morgan fingerprint density at radius 3 is 2.79 bits per heavy atom. The summed E-state index contributed by atoms with van der Waals surface area (Å²) in [4.78, 5) is 0. The van der Waals surface area contributed by atoms with Crippen molar-refractivity contribution >= 4 is 27.3 Å². The van der Waals surface area contributed by atoms with E-state index in [4.69, 9.17) is 16.3 Å². The molecule has 0 aromatic heterocycles. The Kier molecular flexibility index (Phi) is 6.45. The van der Waals surface area contributed by atoms with Gasteiger partial charge in [0, 0.05) is 11.9 Å². The quantitative estimate of drug-likeness (QED) is 0.750. The molecule has 0 radical (unpaired) electrons. The number of ether oxygens (including phenoxy) is 1. The Morgan fingerprint density at radius 2 is 2.16 bits per heavy atom. The minimum atomic E-state index is -3.34. The van der Waals surface area contributed by atoms with Crippen LogP contribution in [-0.4, -0.2) is 26.2 Å². The maximum atomic E-state index is 11.7. The van der Waals surface area contributed by atoms with Gasteiger partial charge in [0.05, 0.1) is 17.5 Å². The molecule has 0 amide bonds. The summed E-state index contributed by atoms with van der Waals surface area (Å²) in [5.74, 6) is 1.01. The first-order valence-electron chi connectivity index (χ1n) is 6.30. The summed E-state index contributed by atoms with van der Waals surface area (Å²) in [6.07, 6.45) is 1.43. The van der Waals surface area contributed by atoms with Crippen LogP contribution in [0.25, 0.3) is 0 Å². The fourth-order valence-electron chi connectivity index (χ4n) is 1.42. The van der Waals surface area contributed by atoms with E-state index < -0.39 is 10.0 Å². The first kappa shape index (κ1) is 16.1. The molecule has 0 bridgehead atoms. The lowest BCUT2D eigenvalue weighted by Gasteiger charge is -2.14. The number of nitrogens with one attached hydrogen (secondary N) is 1. The van der Waals surface area contributed by atoms with Gasteiger partial charge in [-0.05, 0) is 31.9 Å². The molecule has 0 spiro atoms. The molecule has 1 aromatic carbocycles. The zero-order valence-corrected chi connectivity index (χ0v) is 12.8. The van der Waals surface area contributed by atoms with Crippen molar-refractivity contribution in [1.82, 2.24) is 0 Å². The second-order valence-corrected chi connectivity index (χ2v) is 6.55. The van der Waals surface area contributed by atoms with Crippen molar-refractivity contribution in [2.24, 2.45) is 0 Å². The van der Waals surface area contributed by atoms with E-state index in [-0.39, 0.29) is 11.9 Å².